The summed E-state index contributed by atoms with van der Waals surface area (Å²) < 4.78 is 61.4. The summed E-state index contributed by atoms with van der Waals surface area (Å²) in [5, 5.41) is 9.93. The van der Waals surface area contributed by atoms with E-state index in [1.807, 2.05) is 0 Å². The van der Waals surface area contributed by atoms with Crippen LogP contribution < -0.4 is 15.5 Å². The van der Waals surface area contributed by atoms with Crippen molar-refractivity contribution in [1.82, 2.24) is 4.98 Å². The third-order valence-corrected chi connectivity index (χ3v) is 6.67. The predicted molar refractivity (Wildman–Crippen MR) is 122 cm³/mol. The van der Waals surface area contributed by atoms with Gasteiger partial charge in [-0.3, -0.25) is 9.19 Å². The zero-order chi connectivity index (χ0) is 27.1. The van der Waals surface area contributed by atoms with Crippen molar-refractivity contribution in [2.75, 3.05) is 19.8 Å². The number of fused-ring (bicyclic) bond motifs is 1. The lowest BCUT2D eigenvalue weighted by atomic mass is 10.2. The van der Waals surface area contributed by atoms with Gasteiger partial charge in [0, 0.05) is 11.8 Å². The summed E-state index contributed by atoms with van der Waals surface area (Å²) in [6.45, 7) is -0.200. The highest BCUT2D eigenvalue weighted by atomic mass is 32.2. The average Bonchev–Trinajstić information content (AvgIpc) is 3.24. The number of benzene rings is 1. The fourth-order valence-electron chi connectivity index (χ4n) is 3.31. The Hall–Kier alpha value is -3.62. The van der Waals surface area contributed by atoms with Crippen molar-refractivity contribution in [2.24, 2.45) is 9.98 Å². The van der Waals surface area contributed by atoms with Crippen molar-refractivity contribution in [1.29, 1.82) is 0 Å². The molecule has 1 aliphatic rings. The summed E-state index contributed by atoms with van der Waals surface area (Å²) >= 11 is 0. The molecule has 1 aliphatic heterocycles. The average molecular weight is 545 g/mol. The van der Waals surface area contributed by atoms with E-state index < -0.39 is 39.6 Å². The smallest absolute Gasteiger partial charge is 0.422 e. The third-order valence-electron chi connectivity index (χ3n) is 5.15. The molecule has 0 aliphatic carbocycles. The highest BCUT2D eigenvalue weighted by Crippen LogP contribution is 2.28. The highest BCUT2D eigenvalue weighted by Gasteiger charge is 2.48. The van der Waals surface area contributed by atoms with Gasteiger partial charge in [0.25, 0.3) is 5.09 Å². The monoisotopic (exact) mass is 544 g/mol. The molecule has 0 amide bonds. The first-order valence-corrected chi connectivity index (χ1v) is 12.4. The topological polar surface area (TPSA) is 143 Å². The second-order valence-corrected chi connectivity index (χ2v) is 9.40. The Balaban J connectivity index is 1.75. The van der Waals surface area contributed by atoms with Gasteiger partial charge in [-0.05, 0) is 44.4 Å². The van der Waals surface area contributed by atoms with E-state index >= 15 is 0 Å². The van der Waals surface area contributed by atoms with Crippen molar-refractivity contribution in [3.05, 3.63) is 68.6 Å². The van der Waals surface area contributed by atoms with Gasteiger partial charge >= 0.3 is 17.1 Å². The first-order valence-electron chi connectivity index (χ1n) is 11.0. The molecular formula is C22H23F3N4O7S. The molecule has 0 radical (unpaired) electrons. The Morgan fingerprint density at radius 2 is 1.76 bits per heavy atom. The number of hydrogen-bond acceptors (Lipinski definition) is 10. The maximum Gasteiger partial charge on any atom is 0.422 e. The van der Waals surface area contributed by atoms with Crippen LogP contribution in [-0.2, 0) is 30.9 Å². The summed E-state index contributed by atoms with van der Waals surface area (Å²) in [6.07, 6.45) is -2.12. The molecule has 11 nitrogen and oxygen atoms in total. The quantitative estimate of drug-likeness (QED) is 0.162. The lowest BCUT2D eigenvalue weighted by Crippen LogP contribution is -2.41. The van der Waals surface area contributed by atoms with E-state index in [2.05, 4.69) is 19.8 Å². The van der Waals surface area contributed by atoms with Gasteiger partial charge in [-0.15, -0.1) is 10.1 Å². The molecule has 0 saturated heterocycles. The van der Waals surface area contributed by atoms with Crippen LogP contribution in [0.25, 0.3) is 0 Å². The lowest BCUT2D eigenvalue weighted by molar-refractivity contribution is -0.757. The van der Waals surface area contributed by atoms with E-state index in [0.717, 1.165) is 0 Å². The van der Waals surface area contributed by atoms with Crippen molar-refractivity contribution in [3.63, 3.8) is 0 Å². The molecule has 0 spiro atoms. The van der Waals surface area contributed by atoms with Crippen LogP contribution in [0, 0.1) is 17.0 Å². The predicted octanol–water partition coefficient (Wildman–Crippen LogP) is 2.11. The van der Waals surface area contributed by atoms with E-state index in [4.69, 9.17) is 9.47 Å². The fraction of sp³-hybridized carbons (Fsp3) is 0.455. The molecule has 37 heavy (non-hydrogen) atoms. The van der Waals surface area contributed by atoms with Gasteiger partial charge in [0.15, 0.2) is 6.61 Å². The first-order chi connectivity index (χ1) is 17.5. The molecule has 1 aromatic heterocycles. The van der Waals surface area contributed by atoms with Crippen LogP contribution in [0.15, 0.2) is 46.5 Å². The normalized spacial score (nSPS) is 14.6. The molecular weight excluding hydrogens is 521 g/mol. The summed E-state index contributed by atoms with van der Waals surface area (Å²) in [6, 6.07) is 7.78. The van der Waals surface area contributed by atoms with Crippen molar-refractivity contribution >= 4 is 16.8 Å². The molecule has 2 aromatic rings. The Kier molecular flexibility index (Phi) is 9.13. The number of nitrogens with zero attached hydrogens (tertiary/aromatic N) is 4. The second kappa shape index (κ2) is 12.1. The fourth-order valence-corrected chi connectivity index (χ4v) is 4.70. The van der Waals surface area contributed by atoms with Gasteiger partial charge in [0.2, 0.25) is 0 Å². The molecule has 15 heteroatoms. The second-order valence-electron chi connectivity index (χ2n) is 7.85. The SMILES string of the molecule is Cc1c(OCC(F)(F)F)ccnc1CS(=O)C1(C(=O)OCCCCCO[N+](=O)[O-])N=c2ccccc2=N1. The number of hydrogen-bond donors (Lipinski definition) is 0. The highest BCUT2D eigenvalue weighted by molar-refractivity contribution is 7.86. The number of alkyl halides is 3. The Bertz CT molecular complexity index is 1250. The van der Waals surface area contributed by atoms with E-state index in [0.29, 0.717) is 30.0 Å². The molecule has 2 heterocycles. The maximum atomic E-state index is 13.5. The van der Waals surface area contributed by atoms with Crippen LogP contribution >= 0.6 is 0 Å². The molecule has 0 fully saturated rings. The van der Waals surface area contributed by atoms with Crippen LogP contribution in [0.1, 0.15) is 30.5 Å². The van der Waals surface area contributed by atoms with Gasteiger partial charge in [-0.25, -0.2) is 14.8 Å². The number of para-hydroxylation sites is 2. The largest absolute Gasteiger partial charge is 0.484 e. The Morgan fingerprint density at radius 3 is 2.38 bits per heavy atom. The third kappa shape index (κ3) is 7.44. The molecule has 200 valence electrons. The van der Waals surface area contributed by atoms with E-state index in [1.54, 1.807) is 24.3 Å². The molecule has 1 atom stereocenters. The molecule has 1 unspecified atom stereocenters. The molecule has 3 rings (SSSR count). The number of carbonyl (C=O) groups is 1. The minimum atomic E-state index is -4.54. The van der Waals surface area contributed by atoms with Crippen molar-refractivity contribution in [3.8, 4) is 5.75 Å². The van der Waals surface area contributed by atoms with Crippen LogP contribution in [0.5, 0.6) is 5.75 Å². The van der Waals surface area contributed by atoms with Gasteiger partial charge in [0.1, 0.15) is 5.75 Å². The summed E-state index contributed by atoms with van der Waals surface area (Å²) in [5.74, 6) is -1.41. The Labute approximate surface area is 210 Å². The van der Waals surface area contributed by atoms with E-state index in [9.17, 15) is 32.3 Å². The zero-order valence-corrected chi connectivity index (χ0v) is 20.4. The molecule has 0 bridgehead atoms. The van der Waals surface area contributed by atoms with Gasteiger partial charge < -0.3 is 14.3 Å². The lowest BCUT2D eigenvalue weighted by Gasteiger charge is -2.21. The maximum absolute atomic E-state index is 13.5. The number of ether oxygens (including phenoxy) is 2. The Morgan fingerprint density at radius 1 is 1.11 bits per heavy atom. The number of pyridine rings is 1. The molecule has 0 N–H and O–H groups in total. The number of halogens is 3. The number of esters is 1. The number of unbranched alkanes of at least 4 members (excludes halogenated alkanes) is 2. The zero-order valence-electron chi connectivity index (χ0n) is 19.6. The van der Waals surface area contributed by atoms with Gasteiger partial charge in [-0.1, -0.05) is 12.1 Å². The number of carbonyl (C=O) groups excluding carboxylic acids is 1. The van der Waals surface area contributed by atoms with Crippen LogP contribution in [0.2, 0.25) is 0 Å². The van der Waals surface area contributed by atoms with Crippen LogP contribution in [0.3, 0.4) is 0 Å². The van der Waals surface area contributed by atoms with Crippen molar-refractivity contribution in [2.45, 2.75) is 43.1 Å². The summed E-state index contributed by atoms with van der Waals surface area (Å²) in [5.41, 5.74) is 0.383. The van der Waals surface area contributed by atoms with Crippen LogP contribution in [0.4, 0.5) is 13.2 Å². The number of rotatable bonds is 13. The standard InChI is InChI=1S/C22H23F3N4O7S/c1-15-18(26-10-9-19(15)35-14-21(23,24)25)13-37(33)22(27-16-7-3-4-8-17(16)28-22)20(30)34-11-5-2-6-12-36-29(31)32/h3-4,7-10H,2,5-6,11-14H2,1H3. The van der Waals surface area contributed by atoms with Gasteiger partial charge in [0.05, 0.1) is 46.2 Å². The van der Waals surface area contributed by atoms with Gasteiger partial charge in [-0.2, -0.15) is 13.2 Å². The van der Waals surface area contributed by atoms with Crippen molar-refractivity contribution < 1.29 is 41.6 Å². The van der Waals surface area contributed by atoms with E-state index in [-0.39, 0.29) is 36.0 Å². The van der Waals surface area contributed by atoms with E-state index in [1.165, 1.54) is 19.2 Å². The number of aromatic nitrogens is 1. The summed E-state index contributed by atoms with van der Waals surface area (Å²) in [7, 11) is -2.16. The summed E-state index contributed by atoms with van der Waals surface area (Å²) in [4.78, 5) is 38.1. The van der Waals surface area contributed by atoms with Crippen LogP contribution in [-0.4, -0.2) is 51.2 Å². The minimum absolute atomic E-state index is 0.0737. The first kappa shape index (κ1) is 28.0. The molecule has 1 aromatic carbocycles. The molecule has 0 saturated carbocycles. The minimum Gasteiger partial charge on any atom is -0.484 e.